The predicted molar refractivity (Wildman–Crippen MR) is 108 cm³/mol. The highest BCUT2D eigenvalue weighted by molar-refractivity contribution is 5.88. The first-order valence-electron chi connectivity index (χ1n) is 8.95. The summed E-state index contributed by atoms with van der Waals surface area (Å²) in [5.74, 6) is 0.569. The molecule has 6 nitrogen and oxygen atoms in total. The minimum Gasteiger partial charge on any atom is -0.468 e. The van der Waals surface area contributed by atoms with Gasteiger partial charge in [0.2, 0.25) is 0 Å². The van der Waals surface area contributed by atoms with Gasteiger partial charge in [-0.25, -0.2) is 4.79 Å². The Bertz CT molecular complexity index is 688. The minimum atomic E-state index is -0.731. The van der Waals surface area contributed by atoms with Crippen LogP contribution in [0.4, 0.5) is 0 Å². The average molecular weight is 390 g/mol. The molecule has 0 saturated heterocycles. The van der Waals surface area contributed by atoms with Gasteiger partial charge in [0.25, 0.3) is 0 Å². The highest BCUT2D eigenvalue weighted by Gasteiger charge is 2.20. The molecule has 0 spiro atoms. The Morgan fingerprint density at radius 3 is 2.43 bits per heavy atom. The van der Waals surface area contributed by atoms with Gasteiger partial charge in [0, 0.05) is 25.4 Å². The summed E-state index contributed by atoms with van der Waals surface area (Å²) in [5, 5.41) is 0. The molecule has 1 aromatic rings. The third kappa shape index (κ3) is 7.98. The summed E-state index contributed by atoms with van der Waals surface area (Å²) in [4.78, 5) is 12.4. The summed E-state index contributed by atoms with van der Waals surface area (Å²) in [6.07, 6.45) is 4.11. The molecule has 0 saturated carbocycles. The van der Waals surface area contributed by atoms with Crippen molar-refractivity contribution < 1.29 is 28.5 Å². The molecule has 28 heavy (non-hydrogen) atoms. The molecule has 0 amide bonds. The largest absolute Gasteiger partial charge is 0.468 e. The number of carbonyl (C=O) groups is 1. The molecule has 6 heteroatoms. The van der Waals surface area contributed by atoms with Gasteiger partial charge in [-0.3, -0.25) is 0 Å². The van der Waals surface area contributed by atoms with Crippen molar-refractivity contribution in [3.8, 4) is 11.5 Å². The van der Waals surface area contributed by atoms with Crippen molar-refractivity contribution in [3.05, 3.63) is 60.2 Å². The Kier molecular flexibility index (Phi) is 10.7. The van der Waals surface area contributed by atoms with Crippen LogP contribution in [0.2, 0.25) is 0 Å². The molecule has 0 radical (unpaired) electrons. The smallest absolute Gasteiger partial charge is 0.334 e. The molecule has 1 atom stereocenters. The third-order valence-corrected chi connectivity index (χ3v) is 3.70. The molecule has 1 rings (SSSR count). The maximum atomic E-state index is 12.4. The zero-order valence-electron chi connectivity index (χ0n) is 17.2. The molecular weight excluding hydrogens is 360 g/mol. The van der Waals surface area contributed by atoms with Crippen LogP contribution >= 0.6 is 0 Å². The zero-order valence-corrected chi connectivity index (χ0v) is 17.2. The van der Waals surface area contributed by atoms with Crippen molar-refractivity contribution in [3.63, 3.8) is 0 Å². The van der Waals surface area contributed by atoms with Gasteiger partial charge in [0.05, 0.1) is 0 Å². The number of rotatable bonds is 13. The fourth-order valence-corrected chi connectivity index (χ4v) is 2.29. The fraction of sp³-hybridized carbons (Fsp3) is 0.409. The van der Waals surface area contributed by atoms with Crippen LogP contribution in [0.15, 0.2) is 54.7 Å². The van der Waals surface area contributed by atoms with Crippen LogP contribution in [0.5, 0.6) is 11.5 Å². The van der Waals surface area contributed by atoms with Gasteiger partial charge in [0.1, 0.15) is 17.6 Å². The lowest BCUT2D eigenvalue weighted by Gasteiger charge is -2.19. The quantitative estimate of drug-likeness (QED) is 0.210. The third-order valence-electron chi connectivity index (χ3n) is 3.70. The van der Waals surface area contributed by atoms with Crippen molar-refractivity contribution >= 4 is 5.97 Å². The van der Waals surface area contributed by atoms with E-state index in [2.05, 4.69) is 19.2 Å². The molecule has 0 bridgehead atoms. The van der Waals surface area contributed by atoms with E-state index < -0.39 is 12.1 Å². The first kappa shape index (κ1) is 23.5. The minimum absolute atomic E-state index is 0.0541. The predicted octanol–water partition coefficient (Wildman–Crippen LogP) is 4.72. The molecule has 0 aliphatic rings. The van der Waals surface area contributed by atoms with Crippen LogP contribution in [0.1, 0.15) is 38.4 Å². The van der Waals surface area contributed by atoms with Crippen molar-refractivity contribution in [2.75, 3.05) is 27.8 Å². The van der Waals surface area contributed by atoms with Crippen LogP contribution < -0.4 is 9.47 Å². The second-order valence-electron chi connectivity index (χ2n) is 6.29. The summed E-state index contributed by atoms with van der Waals surface area (Å²) in [7, 11) is 3.06. The summed E-state index contributed by atoms with van der Waals surface area (Å²) in [5.41, 5.74) is 2.18. The number of esters is 1. The molecule has 0 aliphatic carbocycles. The van der Waals surface area contributed by atoms with Crippen molar-refractivity contribution in [2.45, 2.75) is 32.8 Å². The van der Waals surface area contributed by atoms with E-state index >= 15 is 0 Å². The van der Waals surface area contributed by atoms with E-state index in [1.165, 1.54) is 25.9 Å². The Morgan fingerprint density at radius 1 is 1.14 bits per heavy atom. The van der Waals surface area contributed by atoms with Crippen LogP contribution in [0, 0.1) is 0 Å². The van der Waals surface area contributed by atoms with Gasteiger partial charge in [-0.15, -0.1) is 0 Å². The molecule has 0 heterocycles. The van der Waals surface area contributed by atoms with Crippen LogP contribution in [-0.2, 0) is 19.0 Å². The van der Waals surface area contributed by atoms with Gasteiger partial charge in [0.15, 0.2) is 13.6 Å². The second kappa shape index (κ2) is 12.8. The van der Waals surface area contributed by atoms with E-state index in [0.717, 1.165) is 6.42 Å². The summed E-state index contributed by atoms with van der Waals surface area (Å²) in [6, 6.07) is 5.16. The molecule has 0 unspecified atom stereocenters. The van der Waals surface area contributed by atoms with Gasteiger partial charge in [-0.2, -0.15) is 0 Å². The molecule has 0 fully saturated rings. The lowest BCUT2D eigenvalue weighted by molar-refractivity contribution is -0.142. The lowest BCUT2D eigenvalue weighted by Crippen LogP contribution is -2.13. The number of ether oxygens (including phenoxy) is 5. The van der Waals surface area contributed by atoms with Crippen molar-refractivity contribution in [1.82, 2.24) is 0 Å². The summed E-state index contributed by atoms with van der Waals surface area (Å²) < 4.78 is 26.5. The van der Waals surface area contributed by atoms with Crippen molar-refractivity contribution in [2.24, 2.45) is 0 Å². The summed E-state index contributed by atoms with van der Waals surface area (Å²) >= 11 is 0. The Morgan fingerprint density at radius 2 is 1.82 bits per heavy atom. The monoisotopic (exact) mass is 390 g/mol. The first-order valence-corrected chi connectivity index (χ1v) is 8.95. The highest BCUT2D eigenvalue weighted by Crippen LogP contribution is 2.33. The SMILES string of the molecule is C=C[C@@H](OC(=O)C(=C)CCC=C(C)C)c1cc(OCOC)ccc1OCOC. The van der Waals surface area contributed by atoms with E-state index in [1.54, 1.807) is 18.2 Å². The number of allylic oxidation sites excluding steroid dienone is 2. The van der Waals surface area contributed by atoms with Crippen molar-refractivity contribution in [1.29, 1.82) is 0 Å². The normalized spacial score (nSPS) is 11.3. The van der Waals surface area contributed by atoms with Gasteiger partial charge in [-0.1, -0.05) is 24.8 Å². The molecule has 0 aliphatic heterocycles. The van der Waals surface area contributed by atoms with Gasteiger partial charge >= 0.3 is 5.97 Å². The number of hydrogen-bond donors (Lipinski definition) is 0. The van der Waals surface area contributed by atoms with Crippen LogP contribution in [-0.4, -0.2) is 33.8 Å². The zero-order chi connectivity index (χ0) is 20.9. The van der Waals surface area contributed by atoms with E-state index in [0.29, 0.717) is 29.1 Å². The van der Waals surface area contributed by atoms with Crippen LogP contribution in [0.3, 0.4) is 0 Å². The number of methoxy groups -OCH3 is 2. The fourth-order valence-electron chi connectivity index (χ4n) is 2.29. The molecule has 0 aromatic heterocycles. The standard InChI is InChI=1S/C22H30O6/c1-7-20(28-22(23)17(4)10-8-9-16(2)3)19-13-18(26-14-24-5)11-12-21(19)27-15-25-6/h7,9,11-13,20H,1,4,8,10,14-15H2,2-3,5-6H3/t20-/m1/s1. The second-order valence-corrected chi connectivity index (χ2v) is 6.29. The summed E-state index contributed by atoms with van der Waals surface area (Å²) in [6.45, 7) is 11.8. The highest BCUT2D eigenvalue weighted by atomic mass is 16.7. The number of carbonyl (C=O) groups excluding carboxylic acids is 1. The molecule has 0 N–H and O–H groups in total. The van der Waals surface area contributed by atoms with Gasteiger partial charge in [-0.05, 0) is 51.0 Å². The van der Waals surface area contributed by atoms with E-state index in [9.17, 15) is 4.79 Å². The maximum Gasteiger partial charge on any atom is 0.334 e. The Hall–Kier alpha value is -2.57. The maximum absolute atomic E-state index is 12.4. The van der Waals surface area contributed by atoms with Crippen LogP contribution in [0.25, 0.3) is 0 Å². The van der Waals surface area contributed by atoms with E-state index in [1.807, 2.05) is 13.8 Å². The Labute approximate surface area is 167 Å². The average Bonchev–Trinajstić information content (AvgIpc) is 2.68. The number of benzene rings is 1. The topological polar surface area (TPSA) is 63.2 Å². The molecule has 154 valence electrons. The van der Waals surface area contributed by atoms with Gasteiger partial charge < -0.3 is 23.7 Å². The van der Waals surface area contributed by atoms with E-state index in [4.69, 9.17) is 23.7 Å². The number of hydrogen-bond acceptors (Lipinski definition) is 6. The molecular formula is C22H30O6. The lowest BCUT2D eigenvalue weighted by atomic mass is 10.1. The van der Waals surface area contributed by atoms with E-state index in [-0.39, 0.29) is 13.6 Å². The first-order chi connectivity index (χ1) is 13.4. The molecule has 1 aromatic carbocycles. The Balaban J connectivity index is 2.97.